The Kier molecular flexibility index (Phi) is 4.45. The van der Waals surface area contributed by atoms with E-state index in [2.05, 4.69) is 16.8 Å². The third kappa shape index (κ3) is 2.95. The molecule has 2 rings (SSSR count). The summed E-state index contributed by atoms with van der Waals surface area (Å²) in [6.45, 7) is 4.39. The number of pyridine rings is 1. The summed E-state index contributed by atoms with van der Waals surface area (Å²) in [5.41, 5.74) is 1.62. The van der Waals surface area contributed by atoms with Crippen LogP contribution >= 0.6 is 23.2 Å². The second kappa shape index (κ2) is 5.89. The lowest BCUT2D eigenvalue weighted by Crippen LogP contribution is -2.26. The Morgan fingerprint density at radius 2 is 2.17 bits per heavy atom. The smallest absolute Gasteiger partial charge is 0.156 e. The maximum Gasteiger partial charge on any atom is 0.156 e. The Morgan fingerprint density at radius 3 is 2.83 bits per heavy atom. The maximum absolute atomic E-state index is 8.96. The van der Waals surface area contributed by atoms with Crippen molar-refractivity contribution in [3.8, 4) is 0 Å². The van der Waals surface area contributed by atoms with E-state index in [1.807, 2.05) is 10.6 Å². The number of hydrogen-bond acceptors (Lipinski definition) is 3. The van der Waals surface area contributed by atoms with Crippen LogP contribution in [0.2, 0.25) is 10.0 Å². The third-order valence-electron chi connectivity index (χ3n) is 2.77. The highest BCUT2D eigenvalue weighted by atomic mass is 35.5. The fourth-order valence-electron chi connectivity index (χ4n) is 1.87. The number of aliphatic hydroxyl groups excluding tert-OH is 1. The van der Waals surface area contributed by atoms with Gasteiger partial charge in [-0.3, -0.25) is 4.90 Å². The Hall–Kier alpha value is -0.810. The Morgan fingerprint density at radius 1 is 1.39 bits per heavy atom. The fraction of sp³-hybridized carbons (Fsp3) is 0.417. The van der Waals surface area contributed by atoms with Crippen LogP contribution in [0.25, 0.3) is 5.65 Å². The van der Waals surface area contributed by atoms with Gasteiger partial charge in [-0.25, -0.2) is 4.98 Å². The summed E-state index contributed by atoms with van der Waals surface area (Å²) < 4.78 is 1.83. The molecule has 0 aliphatic heterocycles. The summed E-state index contributed by atoms with van der Waals surface area (Å²) in [6, 6.07) is 1.68. The van der Waals surface area contributed by atoms with E-state index in [9.17, 15) is 0 Å². The van der Waals surface area contributed by atoms with Crippen molar-refractivity contribution in [1.29, 1.82) is 0 Å². The van der Waals surface area contributed by atoms with Gasteiger partial charge in [0.2, 0.25) is 0 Å². The molecular weight excluding hydrogens is 273 g/mol. The summed E-state index contributed by atoms with van der Waals surface area (Å²) in [4.78, 5) is 6.58. The van der Waals surface area contributed by atoms with Crippen molar-refractivity contribution < 1.29 is 5.11 Å². The summed E-state index contributed by atoms with van der Waals surface area (Å²) in [6.07, 6.45) is 3.69. The van der Waals surface area contributed by atoms with Gasteiger partial charge in [-0.15, -0.1) is 0 Å². The minimum absolute atomic E-state index is 0.147. The van der Waals surface area contributed by atoms with Crippen LogP contribution in [0.3, 0.4) is 0 Å². The van der Waals surface area contributed by atoms with E-state index < -0.39 is 0 Å². The highest BCUT2D eigenvalue weighted by Gasteiger charge is 2.09. The number of aromatic nitrogens is 2. The van der Waals surface area contributed by atoms with Gasteiger partial charge in [-0.1, -0.05) is 30.1 Å². The maximum atomic E-state index is 8.96. The van der Waals surface area contributed by atoms with Gasteiger partial charge in [0.15, 0.2) is 5.65 Å². The van der Waals surface area contributed by atoms with Crippen molar-refractivity contribution in [3.05, 3.63) is 34.2 Å². The normalized spacial score (nSPS) is 11.6. The van der Waals surface area contributed by atoms with Gasteiger partial charge in [-0.05, 0) is 12.6 Å². The highest BCUT2D eigenvalue weighted by Crippen LogP contribution is 2.22. The van der Waals surface area contributed by atoms with Crippen LogP contribution < -0.4 is 0 Å². The van der Waals surface area contributed by atoms with Crippen LogP contribution in [0, 0.1) is 0 Å². The molecule has 0 atom stereocenters. The van der Waals surface area contributed by atoms with Crippen molar-refractivity contribution in [2.24, 2.45) is 0 Å². The van der Waals surface area contributed by atoms with Crippen LogP contribution in [0.1, 0.15) is 12.6 Å². The minimum Gasteiger partial charge on any atom is -0.395 e. The standard InChI is InChI=1S/C12H15Cl2N3O/c1-2-16(3-4-18)7-10-8-17-6-9(13)5-11(14)12(17)15-10/h5-6,8,18H,2-4,7H2,1H3. The first-order valence-electron chi connectivity index (χ1n) is 5.80. The van der Waals surface area contributed by atoms with Crippen LogP contribution in [0.5, 0.6) is 0 Å². The average molecular weight is 288 g/mol. The lowest BCUT2D eigenvalue weighted by Gasteiger charge is -2.17. The highest BCUT2D eigenvalue weighted by molar-refractivity contribution is 6.36. The molecule has 0 fully saturated rings. The van der Waals surface area contributed by atoms with Crippen molar-refractivity contribution in [1.82, 2.24) is 14.3 Å². The van der Waals surface area contributed by atoms with Gasteiger partial charge < -0.3 is 9.51 Å². The lowest BCUT2D eigenvalue weighted by atomic mass is 10.4. The number of nitrogens with zero attached hydrogens (tertiary/aromatic N) is 3. The molecular formula is C12H15Cl2N3O. The molecule has 0 amide bonds. The van der Waals surface area contributed by atoms with Gasteiger partial charge in [0.25, 0.3) is 0 Å². The number of aliphatic hydroxyl groups is 1. The van der Waals surface area contributed by atoms with Gasteiger partial charge in [-0.2, -0.15) is 0 Å². The molecule has 0 radical (unpaired) electrons. The fourth-order valence-corrected chi connectivity index (χ4v) is 2.40. The molecule has 2 aromatic heterocycles. The Bertz CT molecular complexity index is 541. The first kappa shape index (κ1) is 13.6. The zero-order valence-electron chi connectivity index (χ0n) is 10.1. The van der Waals surface area contributed by atoms with Crippen molar-refractivity contribution in [2.45, 2.75) is 13.5 Å². The molecule has 18 heavy (non-hydrogen) atoms. The van der Waals surface area contributed by atoms with Gasteiger partial charge >= 0.3 is 0 Å². The zero-order valence-corrected chi connectivity index (χ0v) is 11.6. The SMILES string of the molecule is CCN(CCO)Cc1cn2cc(Cl)cc(Cl)c2n1. The van der Waals surface area contributed by atoms with E-state index in [0.717, 1.165) is 12.2 Å². The Labute approximate surface area is 116 Å². The molecule has 1 N–H and O–H groups in total. The molecule has 2 heterocycles. The number of rotatable bonds is 5. The van der Waals surface area contributed by atoms with Gasteiger partial charge in [0.05, 0.1) is 22.3 Å². The van der Waals surface area contributed by atoms with Crippen LogP contribution in [-0.2, 0) is 6.54 Å². The second-order valence-electron chi connectivity index (χ2n) is 4.06. The number of fused-ring (bicyclic) bond motifs is 1. The monoisotopic (exact) mass is 287 g/mol. The molecule has 0 aromatic carbocycles. The predicted octanol–water partition coefficient (Wildman–Crippen LogP) is 2.46. The van der Waals surface area contributed by atoms with Crippen LogP contribution in [-0.4, -0.2) is 39.1 Å². The van der Waals surface area contributed by atoms with Crippen molar-refractivity contribution in [2.75, 3.05) is 19.7 Å². The summed E-state index contributed by atoms with van der Waals surface area (Å²) in [7, 11) is 0. The zero-order chi connectivity index (χ0) is 13.1. The third-order valence-corrected chi connectivity index (χ3v) is 3.26. The van der Waals surface area contributed by atoms with E-state index in [0.29, 0.717) is 28.8 Å². The summed E-state index contributed by atoms with van der Waals surface area (Å²) >= 11 is 12.0. The number of imidazole rings is 1. The van der Waals surface area contributed by atoms with E-state index in [-0.39, 0.29) is 6.61 Å². The quantitative estimate of drug-likeness (QED) is 0.918. The largest absolute Gasteiger partial charge is 0.395 e. The lowest BCUT2D eigenvalue weighted by molar-refractivity contribution is 0.195. The van der Waals surface area contributed by atoms with E-state index >= 15 is 0 Å². The van der Waals surface area contributed by atoms with Crippen molar-refractivity contribution >= 4 is 28.8 Å². The molecule has 2 aromatic rings. The molecule has 4 nitrogen and oxygen atoms in total. The van der Waals surface area contributed by atoms with Crippen LogP contribution in [0.4, 0.5) is 0 Å². The topological polar surface area (TPSA) is 40.8 Å². The average Bonchev–Trinajstić information content (AvgIpc) is 2.71. The molecule has 0 saturated heterocycles. The molecule has 0 unspecified atom stereocenters. The van der Waals surface area contributed by atoms with Crippen molar-refractivity contribution in [3.63, 3.8) is 0 Å². The molecule has 6 heteroatoms. The first-order valence-corrected chi connectivity index (χ1v) is 6.55. The molecule has 0 spiro atoms. The van der Waals surface area contributed by atoms with E-state index in [4.69, 9.17) is 28.3 Å². The van der Waals surface area contributed by atoms with Crippen LogP contribution in [0.15, 0.2) is 18.5 Å². The number of likely N-dealkylation sites (N-methyl/N-ethyl adjacent to an activating group) is 1. The van der Waals surface area contributed by atoms with E-state index in [1.165, 1.54) is 0 Å². The van der Waals surface area contributed by atoms with E-state index in [1.54, 1.807) is 12.3 Å². The second-order valence-corrected chi connectivity index (χ2v) is 4.91. The molecule has 0 aliphatic carbocycles. The summed E-state index contributed by atoms with van der Waals surface area (Å²) in [5, 5.41) is 10.1. The molecule has 0 aliphatic rings. The first-order chi connectivity index (χ1) is 8.63. The van der Waals surface area contributed by atoms with Gasteiger partial charge in [0, 0.05) is 25.5 Å². The molecule has 98 valence electrons. The molecule has 0 saturated carbocycles. The predicted molar refractivity (Wildman–Crippen MR) is 73.2 cm³/mol. The number of halogens is 2. The van der Waals surface area contributed by atoms with Gasteiger partial charge in [0.1, 0.15) is 0 Å². The minimum atomic E-state index is 0.147. The summed E-state index contributed by atoms with van der Waals surface area (Å²) in [5.74, 6) is 0. The Balaban J connectivity index is 2.27. The number of hydrogen-bond donors (Lipinski definition) is 1. The molecule has 0 bridgehead atoms.